The van der Waals surface area contributed by atoms with Crippen molar-refractivity contribution in [3.8, 4) is 5.75 Å². The molecule has 0 bridgehead atoms. The summed E-state index contributed by atoms with van der Waals surface area (Å²) >= 11 is 0. The van der Waals surface area contributed by atoms with E-state index in [-0.39, 0.29) is 6.10 Å². The zero-order valence-electron chi connectivity index (χ0n) is 17.7. The minimum absolute atomic E-state index is 0.231. The van der Waals surface area contributed by atoms with Crippen LogP contribution >= 0.6 is 0 Å². The van der Waals surface area contributed by atoms with Crippen molar-refractivity contribution in [2.45, 2.75) is 25.9 Å². The Morgan fingerprint density at radius 1 is 1.07 bits per heavy atom. The van der Waals surface area contributed by atoms with Crippen LogP contribution < -0.4 is 15.0 Å². The number of methoxy groups -OCH3 is 1. The first-order valence-corrected chi connectivity index (χ1v) is 10.9. The van der Waals surface area contributed by atoms with Crippen molar-refractivity contribution in [3.63, 3.8) is 0 Å². The molecule has 0 unspecified atom stereocenters. The second-order valence-corrected chi connectivity index (χ2v) is 7.87. The molecular weight excluding hydrogens is 362 g/mol. The van der Waals surface area contributed by atoms with Crippen molar-refractivity contribution < 1.29 is 9.47 Å². The zero-order chi connectivity index (χ0) is 20.1. The van der Waals surface area contributed by atoms with Crippen LogP contribution in [0.1, 0.15) is 30.6 Å². The molecule has 1 fully saturated rings. The second kappa shape index (κ2) is 9.51. The first-order chi connectivity index (χ1) is 14.3. The van der Waals surface area contributed by atoms with Crippen molar-refractivity contribution in [2.75, 3.05) is 63.2 Å². The molecule has 29 heavy (non-hydrogen) atoms. The van der Waals surface area contributed by atoms with Gasteiger partial charge in [-0.15, -0.1) is 0 Å². The van der Waals surface area contributed by atoms with Crippen LogP contribution in [0.4, 0.5) is 11.4 Å². The van der Waals surface area contributed by atoms with Crippen molar-refractivity contribution in [1.29, 1.82) is 0 Å². The lowest BCUT2D eigenvalue weighted by Crippen LogP contribution is -2.46. The zero-order valence-corrected chi connectivity index (χ0v) is 17.7. The standard InChI is InChI=1S/C24H33N3O2/c1-3-25-20-4-9-23-19(18-20)11-17-29-24(23)10-12-26-13-15-27(16-14-26)21-5-7-22(28-2)8-6-21/h4-9,18,24-25H,3,10-17H2,1-2H3/t24-/m0/s1. The van der Waals surface area contributed by atoms with Crippen LogP contribution in [0.3, 0.4) is 0 Å². The molecule has 156 valence electrons. The lowest BCUT2D eigenvalue weighted by Gasteiger charge is -2.37. The number of nitrogens with zero attached hydrogens (tertiary/aromatic N) is 2. The minimum atomic E-state index is 0.231. The van der Waals surface area contributed by atoms with E-state index in [4.69, 9.17) is 9.47 Å². The van der Waals surface area contributed by atoms with E-state index < -0.39 is 0 Å². The molecule has 1 saturated heterocycles. The smallest absolute Gasteiger partial charge is 0.119 e. The summed E-state index contributed by atoms with van der Waals surface area (Å²) in [6, 6.07) is 15.2. The van der Waals surface area contributed by atoms with E-state index in [1.54, 1.807) is 7.11 Å². The van der Waals surface area contributed by atoms with Crippen molar-refractivity contribution in [3.05, 3.63) is 53.6 Å². The summed E-state index contributed by atoms with van der Waals surface area (Å²) in [4.78, 5) is 5.04. The van der Waals surface area contributed by atoms with E-state index in [1.165, 1.54) is 22.5 Å². The maximum Gasteiger partial charge on any atom is 0.119 e. The number of anilines is 2. The first-order valence-electron chi connectivity index (χ1n) is 10.9. The van der Waals surface area contributed by atoms with Gasteiger partial charge < -0.3 is 19.7 Å². The van der Waals surface area contributed by atoms with Gasteiger partial charge in [0.2, 0.25) is 0 Å². The van der Waals surface area contributed by atoms with Gasteiger partial charge in [-0.05, 0) is 67.3 Å². The number of rotatable bonds is 7. The Balaban J connectivity index is 1.29. The molecule has 5 heteroatoms. The summed E-state index contributed by atoms with van der Waals surface area (Å²) in [5.41, 5.74) is 5.34. The lowest BCUT2D eigenvalue weighted by molar-refractivity contribution is 0.0289. The number of hydrogen-bond acceptors (Lipinski definition) is 5. The Labute approximate surface area is 174 Å². The Morgan fingerprint density at radius 3 is 2.59 bits per heavy atom. The molecule has 0 aromatic heterocycles. The van der Waals surface area contributed by atoms with E-state index in [2.05, 4.69) is 52.4 Å². The molecular formula is C24H33N3O2. The highest BCUT2D eigenvalue weighted by atomic mass is 16.5. The predicted octanol–water partition coefficient (Wildman–Crippen LogP) is 3.95. The van der Waals surface area contributed by atoms with Crippen LogP contribution in [0.2, 0.25) is 0 Å². The molecule has 2 aromatic rings. The number of nitrogens with one attached hydrogen (secondary N) is 1. The normalized spacial score (nSPS) is 19.7. The summed E-state index contributed by atoms with van der Waals surface area (Å²) in [7, 11) is 1.71. The largest absolute Gasteiger partial charge is 0.497 e. The summed E-state index contributed by atoms with van der Waals surface area (Å²) in [5.74, 6) is 0.915. The van der Waals surface area contributed by atoms with E-state index >= 15 is 0 Å². The molecule has 0 amide bonds. The molecule has 0 aliphatic carbocycles. The van der Waals surface area contributed by atoms with Gasteiger partial charge in [-0.2, -0.15) is 0 Å². The summed E-state index contributed by atoms with van der Waals surface area (Å²) in [6.07, 6.45) is 2.32. The highest BCUT2D eigenvalue weighted by Gasteiger charge is 2.23. The summed E-state index contributed by atoms with van der Waals surface area (Å²) in [6.45, 7) is 9.37. The fourth-order valence-corrected chi connectivity index (χ4v) is 4.41. The fraction of sp³-hybridized carbons (Fsp3) is 0.500. The lowest BCUT2D eigenvalue weighted by atomic mass is 9.95. The van der Waals surface area contributed by atoms with Gasteiger partial charge in [0, 0.05) is 50.6 Å². The fourth-order valence-electron chi connectivity index (χ4n) is 4.41. The molecule has 4 rings (SSSR count). The molecule has 2 aromatic carbocycles. The predicted molar refractivity (Wildman–Crippen MR) is 119 cm³/mol. The number of piperazine rings is 1. The van der Waals surface area contributed by atoms with Crippen molar-refractivity contribution >= 4 is 11.4 Å². The van der Waals surface area contributed by atoms with Crippen molar-refractivity contribution in [2.24, 2.45) is 0 Å². The quantitative estimate of drug-likeness (QED) is 0.768. The molecule has 0 saturated carbocycles. The Kier molecular flexibility index (Phi) is 6.57. The van der Waals surface area contributed by atoms with Gasteiger partial charge in [0.15, 0.2) is 0 Å². The molecule has 0 spiro atoms. The van der Waals surface area contributed by atoms with Gasteiger partial charge in [0.25, 0.3) is 0 Å². The maximum atomic E-state index is 6.14. The van der Waals surface area contributed by atoms with Gasteiger partial charge in [-0.3, -0.25) is 4.90 Å². The van der Waals surface area contributed by atoms with E-state index in [0.29, 0.717) is 0 Å². The van der Waals surface area contributed by atoms with Crippen LogP contribution in [-0.2, 0) is 11.2 Å². The van der Waals surface area contributed by atoms with Gasteiger partial charge in [-0.25, -0.2) is 0 Å². The monoisotopic (exact) mass is 395 g/mol. The van der Waals surface area contributed by atoms with Crippen LogP contribution in [-0.4, -0.2) is 57.9 Å². The summed E-state index contributed by atoms with van der Waals surface area (Å²) in [5, 5.41) is 3.42. The number of hydrogen-bond donors (Lipinski definition) is 1. The number of benzene rings is 2. The minimum Gasteiger partial charge on any atom is -0.497 e. The maximum absolute atomic E-state index is 6.14. The molecule has 0 radical (unpaired) electrons. The second-order valence-electron chi connectivity index (χ2n) is 7.87. The molecule has 5 nitrogen and oxygen atoms in total. The van der Waals surface area contributed by atoms with Gasteiger partial charge in [-0.1, -0.05) is 6.07 Å². The number of ether oxygens (including phenoxy) is 2. The third kappa shape index (κ3) is 4.85. The summed E-state index contributed by atoms with van der Waals surface area (Å²) < 4.78 is 11.4. The Bertz CT molecular complexity index is 785. The van der Waals surface area contributed by atoms with Gasteiger partial charge >= 0.3 is 0 Å². The third-order valence-electron chi connectivity index (χ3n) is 6.08. The number of fused-ring (bicyclic) bond motifs is 1. The molecule has 1 N–H and O–H groups in total. The molecule has 2 aliphatic rings. The molecule has 1 atom stereocenters. The molecule has 2 aliphatic heterocycles. The average Bonchev–Trinajstić information content (AvgIpc) is 2.78. The van der Waals surface area contributed by atoms with Crippen LogP contribution in [0, 0.1) is 0 Å². The van der Waals surface area contributed by atoms with E-state index in [0.717, 1.165) is 64.5 Å². The van der Waals surface area contributed by atoms with Crippen molar-refractivity contribution in [1.82, 2.24) is 4.90 Å². The average molecular weight is 396 g/mol. The first kappa shape index (κ1) is 20.0. The van der Waals surface area contributed by atoms with Crippen LogP contribution in [0.25, 0.3) is 0 Å². The highest BCUT2D eigenvalue weighted by Crippen LogP contribution is 2.32. The van der Waals surface area contributed by atoms with Crippen LogP contribution in [0.5, 0.6) is 5.75 Å². The highest BCUT2D eigenvalue weighted by molar-refractivity contribution is 5.50. The third-order valence-corrected chi connectivity index (χ3v) is 6.08. The SMILES string of the molecule is CCNc1ccc2c(c1)CCO[C@H]2CCN1CCN(c2ccc(OC)cc2)CC1. The Morgan fingerprint density at radius 2 is 1.86 bits per heavy atom. The van der Waals surface area contributed by atoms with Gasteiger partial charge in [0.05, 0.1) is 19.8 Å². The van der Waals surface area contributed by atoms with E-state index in [1.807, 2.05) is 12.1 Å². The van der Waals surface area contributed by atoms with Gasteiger partial charge in [0.1, 0.15) is 5.75 Å². The molecule has 2 heterocycles. The Hall–Kier alpha value is -2.24. The topological polar surface area (TPSA) is 37.0 Å². The van der Waals surface area contributed by atoms with Crippen LogP contribution in [0.15, 0.2) is 42.5 Å². The van der Waals surface area contributed by atoms with E-state index in [9.17, 15) is 0 Å².